The molecule has 282 valence electrons. The predicted molar refractivity (Wildman–Crippen MR) is 227 cm³/mol. The second-order valence-corrected chi connectivity index (χ2v) is 42.8. The third-order valence-corrected chi connectivity index (χ3v) is 37.7. The zero-order chi connectivity index (χ0) is 36.0. The van der Waals surface area contributed by atoms with Gasteiger partial charge in [-0.15, -0.1) is 0 Å². The van der Waals surface area contributed by atoms with E-state index >= 15 is 0 Å². The molecule has 0 N–H and O–H groups in total. The molecule has 3 saturated heterocycles. The Labute approximate surface area is 321 Å². The molecule has 3 nitrogen and oxygen atoms in total. The van der Waals surface area contributed by atoms with E-state index < -0.39 is 48.7 Å². The van der Waals surface area contributed by atoms with Crippen molar-refractivity contribution in [3.63, 3.8) is 0 Å². The molecule has 3 heterocycles. The molecule has 0 aromatic rings. The fourth-order valence-electron chi connectivity index (χ4n) is 8.76. The van der Waals surface area contributed by atoms with Crippen molar-refractivity contribution >= 4 is 48.7 Å². The quantitative estimate of drug-likeness (QED) is 0.203. The van der Waals surface area contributed by atoms with Gasteiger partial charge in [-0.3, -0.25) is 0 Å². The average Bonchev–Trinajstić information content (AvgIpc) is 2.93. The topological polar surface area (TPSA) is 9.72 Å². The summed E-state index contributed by atoms with van der Waals surface area (Å²) in [7, 11) is 0. The van der Waals surface area contributed by atoms with Crippen molar-refractivity contribution in [2.24, 2.45) is 11.8 Å². The molecule has 0 bridgehead atoms. The number of unbranched alkanes of at least 4 members (excludes halogenated alkanes) is 2. The first-order valence-electron chi connectivity index (χ1n) is 21.8. The SMILES string of the molecule is CC(C)(C)N1CC[CH2][Ga]([C](C)(C)C)[CH2]CC1.CC(C)CN1CC[CH2][Ga]([CH2]C(C)C)[CH2]CC1.CCCCN1CC[CH2][Ga]([CH2]CCC)[CH2]CC1. The van der Waals surface area contributed by atoms with Crippen LogP contribution in [0.5, 0.6) is 0 Å². The van der Waals surface area contributed by atoms with E-state index in [1.165, 1.54) is 117 Å². The van der Waals surface area contributed by atoms with Crippen LogP contribution in [0.1, 0.15) is 147 Å². The first-order chi connectivity index (χ1) is 22.6. The predicted octanol–water partition coefficient (Wildman–Crippen LogP) is 12.2. The van der Waals surface area contributed by atoms with Gasteiger partial charge >= 0.3 is 324 Å². The maximum absolute atomic E-state index is 2.72. The van der Waals surface area contributed by atoms with Gasteiger partial charge in [0, 0.05) is 0 Å². The molecular formula is C42H90Ga3N3. The Bertz CT molecular complexity index is 661. The van der Waals surface area contributed by atoms with Gasteiger partial charge in [0.25, 0.3) is 0 Å². The molecule has 3 aliphatic heterocycles. The van der Waals surface area contributed by atoms with Gasteiger partial charge in [-0.25, -0.2) is 0 Å². The molecule has 0 atom stereocenters. The summed E-state index contributed by atoms with van der Waals surface area (Å²) in [5, 5.41) is 0. The van der Waals surface area contributed by atoms with E-state index in [2.05, 4.69) is 97.8 Å². The summed E-state index contributed by atoms with van der Waals surface area (Å²) < 4.78 is 0.691. The van der Waals surface area contributed by atoms with Crippen molar-refractivity contribution in [3.05, 3.63) is 0 Å². The van der Waals surface area contributed by atoms with Crippen molar-refractivity contribution in [3.8, 4) is 0 Å². The first-order valence-corrected chi connectivity index (χ1v) is 36.8. The molecule has 0 aromatic carbocycles. The second kappa shape index (κ2) is 27.4. The summed E-state index contributed by atoms with van der Waals surface area (Å²) in [5.74, 6) is 1.81. The number of nitrogens with zero attached hydrogens (tertiary/aromatic N) is 3. The molecule has 0 unspecified atom stereocenters. The Morgan fingerprint density at radius 2 is 1.00 bits per heavy atom. The summed E-state index contributed by atoms with van der Waals surface area (Å²) in [5.41, 5.74) is 0.377. The standard InChI is InChI=1S/3C10H21N.3C4H9.3Ga/c1-6-8-11(9-7-2)10(3,4)5;1-5-7-11(8-6-2)9-10(3)4;1-4-7-10-11(8-5-2)9-6-3;2*1-4(2)3;1-3-4-2;;;/h1-2,6-9H2,3-5H3;10H,1-2,5-9H2,3-4H3;2-10H2,1H3;1-3H3;4H,1H2,2-3H3;1,3-4H2,2H3;;;. The first kappa shape index (κ1) is 47.8. The van der Waals surface area contributed by atoms with Gasteiger partial charge in [-0.1, -0.05) is 0 Å². The zero-order valence-corrected chi connectivity index (χ0v) is 42.9. The molecule has 6 heteroatoms. The van der Waals surface area contributed by atoms with Crippen LogP contribution < -0.4 is 0 Å². The summed E-state index contributed by atoms with van der Waals surface area (Å²) in [4.78, 5) is 21.3. The summed E-state index contributed by atoms with van der Waals surface area (Å²) >= 11 is -2.59. The number of hydrogen-bond acceptors (Lipinski definition) is 3. The van der Waals surface area contributed by atoms with Crippen LogP contribution in [-0.2, 0) is 0 Å². The van der Waals surface area contributed by atoms with E-state index in [1.807, 2.05) is 0 Å². The molecule has 0 saturated carbocycles. The molecule has 3 aliphatic rings. The molecule has 3 rings (SSSR count). The van der Waals surface area contributed by atoms with Gasteiger partial charge in [0.05, 0.1) is 0 Å². The Balaban J connectivity index is 0.000000360. The second-order valence-electron chi connectivity index (χ2n) is 19.5. The monoisotopic (exact) mass is 843 g/mol. The summed E-state index contributed by atoms with van der Waals surface area (Å²) in [6.07, 6.45) is 14.7. The van der Waals surface area contributed by atoms with Crippen molar-refractivity contribution in [2.75, 3.05) is 52.4 Å². The molecule has 48 heavy (non-hydrogen) atoms. The van der Waals surface area contributed by atoms with E-state index in [0.717, 1.165) is 11.8 Å². The van der Waals surface area contributed by atoms with E-state index in [4.69, 9.17) is 0 Å². The van der Waals surface area contributed by atoms with Gasteiger partial charge in [0.15, 0.2) is 0 Å². The third-order valence-electron chi connectivity index (χ3n) is 11.7. The average molecular weight is 846 g/mol. The van der Waals surface area contributed by atoms with Crippen LogP contribution in [0.4, 0.5) is 0 Å². The van der Waals surface area contributed by atoms with Gasteiger partial charge < -0.3 is 0 Å². The summed E-state index contributed by atoms with van der Waals surface area (Å²) in [6, 6.07) is 0. The van der Waals surface area contributed by atoms with Gasteiger partial charge in [-0.05, 0) is 0 Å². The van der Waals surface area contributed by atoms with Crippen molar-refractivity contribution in [1.29, 1.82) is 0 Å². The molecule has 0 aliphatic carbocycles. The van der Waals surface area contributed by atoms with Gasteiger partial charge in [0.2, 0.25) is 0 Å². The van der Waals surface area contributed by atoms with Crippen LogP contribution in [0.2, 0.25) is 43.8 Å². The number of hydrogen-bond donors (Lipinski definition) is 0. The van der Waals surface area contributed by atoms with Crippen molar-refractivity contribution < 1.29 is 0 Å². The normalized spacial score (nSPS) is 20.5. The van der Waals surface area contributed by atoms with Crippen LogP contribution >= 0.6 is 0 Å². The fourth-order valence-corrected chi connectivity index (χ4v) is 30.5. The Kier molecular flexibility index (Phi) is 27.3. The van der Waals surface area contributed by atoms with Crippen LogP contribution in [0, 0.1) is 11.8 Å². The summed E-state index contributed by atoms with van der Waals surface area (Å²) in [6.45, 7) is 39.7. The zero-order valence-electron chi connectivity index (χ0n) is 35.6. The van der Waals surface area contributed by atoms with E-state index in [1.54, 1.807) is 39.8 Å². The Morgan fingerprint density at radius 3 is 1.42 bits per heavy atom. The van der Waals surface area contributed by atoms with E-state index in [9.17, 15) is 0 Å². The van der Waals surface area contributed by atoms with Crippen LogP contribution in [0.15, 0.2) is 0 Å². The Morgan fingerprint density at radius 1 is 0.542 bits per heavy atom. The molecule has 0 radical (unpaired) electrons. The minimum absolute atomic E-state index is 0.377. The minimum atomic E-state index is -0.994. The van der Waals surface area contributed by atoms with Gasteiger partial charge in [-0.2, -0.15) is 0 Å². The molecule has 0 amide bonds. The maximum atomic E-state index is 2.72. The van der Waals surface area contributed by atoms with Crippen LogP contribution in [-0.4, -0.2) is 121 Å². The molecule has 3 fully saturated rings. The van der Waals surface area contributed by atoms with E-state index in [-0.39, 0.29) is 0 Å². The van der Waals surface area contributed by atoms with Gasteiger partial charge in [0.1, 0.15) is 0 Å². The van der Waals surface area contributed by atoms with Crippen molar-refractivity contribution in [1.82, 2.24) is 14.7 Å². The van der Waals surface area contributed by atoms with Crippen LogP contribution in [0.25, 0.3) is 0 Å². The van der Waals surface area contributed by atoms with Crippen molar-refractivity contribution in [2.45, 2.75) is 197 Å². The Hall–Kier alpha value is 1.79. The van der Waals surface area contributed by atoms with E-state index in [0.29, 0.717) is 9.51 Å². The third kappa shape index (κ3) is 24.2. The fraction of sp³-hybridized carbons (Fsp3) is 1.00. The van der Waals surface area contributed by atoms with Crippen LogP contribution in [0.3, 0.4) is 0 Å². The molecule has 0 spiro atoms. The molecule has 0 aromatic heterocycles. The molecular weight excluding hydrogens is 756 g/mol. The number of rotatable bonds is 10.